The summed E-state index contributed by atoms with van der Waals surface area (Å²) in [4.78, 5) is 102. The molecule has 0 aromatic heterocycles. The lowest BCUT2D eigenvalue weighted by molar-refractivity contribution is -0.144. The number of nitrogens with one attached hydrogen (secondary N) is 5. The van der Waals surface area contributed by atoms with Crippen LogP contribution in [0, 0.1) is 13.8 Å². The number of fused-ring (bicyclic) bond motifs is 3. The van der Waals surface area contributed by atoms with Crippen LogP contribution in [0.5, 0.6) is 11.5 Å². The Hall–Kier alpha value is -8.09. The SMILES string of the molecule is CCCCCCOc1ccc2cc(C(=O)N[C@H]3CCCNC(=O)[C@@H]4C[C@H](N)CN4C(=O)[C@H]([C@@H](C)O)NC(=O)[C@H](CCc4ccc(O)cc4)NC(=O)[C@@H]4C[C@@H](O)CN4C(=O)[C@H](CCCCN)NC3=O)ccc2c1.Cc1ccc(S(=O)(=O)O)cc1.Cc1ccc(S(=O)(=O)O)cc1. The Morgan fingerprint density at radius 3 is 1.88 bits per heavy atom. The highest BCUT2D eigenvalue weighted by atomic mass is 32.2. The second kappa shape index (κ2) is 35.4. The zero-order valence-corrected chi connectivity index (χ0v) is 55.0. The van der Waals surface area contributed by atoms with Crippen molar-refractivity contribution in [1.29, 1.82) is 0 Å². The maximum atomic E-state index is 14.6. The number of benzene rings is 5. The van der Waals surface area contributed by atoms with Gasteiger partial charge in [-0.3, -0.25) is 42.7 Å². The van der Waals surface area contributed by atoms with Crippen LogP contribution < -0.4 is 42.8 Å². The van der Waals surface area contributed by atoms with Crippen LogP contribution in [-0.4, -0.2) is 180 Å². The highest BCUT2D eigenvalue weighted by Crippen LogP contribution is 2.26. The van der Waals surface area contributed by atoms with Crippen molar-refractivity contribution in [3.63, 3.8) is 0 Å². The largest absolute Gasteiger partial charge is 0.508 e. The second-order valence-electron chi connectivity index (χ2n) is 23.9. The molecule has 26 nitrogen and oxygen atoms in total. The van der Waals surface area contributed by atoms with Gasteiger partial charge in [-0.05, 0) is 162 Å². The van der Waals surface area contributed by atoms with Crippen molar-refractivity contribution in [2.45, 2.75) is 175 Å². The quantitative estimate of drug-likeness (QED) is 0.0441. The molecule has 0 spiro atoms. The molecule has 0 aliphatic carbocycles. The molecule has 512 valence electrons. The molecule has 3 fully saturated rings. The number of phenols is 1. The number of hydrogen-bond donors (Lipinski definition) is 12. The van der Waals surface area contributed by atoms with Gasteiger partial charge in [-0.2, -0.15) is 16.8 Å². The average Bonchev–Trinajstić information content (AvgIpc) is 1.59. The molecule has 3 aliphatic heterocycles. The Labute approximate surface area is 548 Å². The van der Waals surface area contributed by atoms with E-state index in [-0.39, 0.29) is 85.7 Å². The van der Waals surface area contributed by atoms with E-state index in [4.69, 9.17) is 25.3 Å². The van der Waals surface area contributed by atoms with Gasteiger partial charge in [-0.15, -0.1) is 0 Å². The van der Waals surface area contributed by atoms with E-state index in [1.54, 1.807) is 54.6 Å². The van der Waals surface area contributed by atoms with E-state index in [2.05, 4.69) is 33.5 Å². The summed E-state index contributed by atoms with van der Waals surface area (Å²) < 4.78 is 65.1. The van der Waals surface area contributed by atoms with E-state index in [1.807, 2.05) is 32.0 Å². The molecule has 3 heterocycles. The molecule has 5 aromatic rings. The summed E-state index contributed by atoms with van der Waals surface area (Å²) in [5.74, 6) is -4.20. The summed E-state index contributed by atoms with van der Waals surface area (Å²) in [7, 11) is -8.04. The Kier molecular flexibility index (Phi) is 28.2. The van der Waals surface area contributed by atoms with Crippen molar-refractivity contribution in [1.82, 2.24) is 36.4 Å². The van der Waals surface area contributed by atoms with Gasteiger partial charge in [0.25, 0.3) is 26.1 Å². The van der Waals surface area contributed by atoms with Crippen LogP contribution in [0.1, 0.15) is 118 Å². The standard InChI is InChI=1S/C52H73N9O11.2C7H8O3S/c1-3-4-5-8-24-72-39-20-17-33-25-35(16-15-34(33)26-39)46(65)56-40-11-9-23-55-49(68)43-27-36(54)29-60(43)52(71)45(31(2)62)59-48(67)41(21-14-32-12-18-37(63)19-13-32)57-50(69)44-28-38(64)30-61(44)51(70)42(58-47(40)66)10-6-7-22-53;2*1-6-2-4-7(5-3-6)11(8,9)10/h12-13,15-20,25-26,31,36,38,40-45,62-64H,3-11,14,21-24,27-30,53-54H2,1-2H3,(H,55,68)(H,56,65)(H,57,69)(H,58,66)(H,59,67);2*2-5H,1H3,(H,8,9,10)/t31-,36+,38-,40+,41+,42+,43+,44+,45+;;/m1../s1. The molecule has 94 heavy (non-hydrogen) atoms. The first-order valence-electron chi connectivity index (χ1n) is 31.5. The fourth-order valence-corrected chi connectivity index (χ4v) is 11.9. The molecule has 7 amide bonds. The van der Waals surface area contributed by atoms with Gasteiger partial charge in [0.1, 0.15) is 47.8 Å². The fourth-order valence-electron chi connectivity index (χ4n) is 11.0. The summed E-state index contributed by atoms with van der Waals surface area (Å²) in [6.45, 7) is 7.70. The number of aliphatic hydroxyl groups is 2. The topological polar surface area (TPSA) is 417 Å². The van der Waals surface area contributed by atoms with Crippen molar-refractivity contribution in [3.05, 3.63) is 131 Å². The molecule has 5 aromatic carbocycles. The number of hydrogen-bond acceptors (Lipinski definition) is 17. The molecule has 9 atom stereocenters. The van der Waals surface area contributed by atoms with Gasteiger partial charge < -0.3 is 67.9 Å². The number of ether oxygens (including phenoxy) is 1. The van der Waals surface area contributed by atoms with Crippen LogP contribution in [0.4, 0.5) is 0 Å². The number of rotatable bonds is 18. The van der Waals surface area contributed by atoms with Crippen LogP contribution in [0.3, 0.4) is 0 Å². The van der Waals surface area contributed by atoms with Crippen molar-refractivity contribution in [2.75, 3.05) is 32.8 Å². The molecule has 0 saturated carbocycles. The van der Waals surface area contributed by atoms with Gasteiger partial charge >= 0.3 is 0 Å². The Balaban J connectivity index is 0.000000532. The first-order valence-corrected chi connectivity index (χ1v) is 34.4. The minimum atomic E-state index is -4.02. The number of phenolic OH excluding ortho intramolecular Hbond substituents is 1. The van der Waals surface area contributed by atoms with Crippen molar-refractivity contribution in [3.8, 4) is 11.5 Å². The summed E-state index contributed by atoms with van der Waals surface area (Å²) >= 11 is 0. The lowest BCUT2D eigenvalue weighted by Gasteiger charge is -2.32. The number of aliphatic hydroxyl groups excluding tert-OH is 2. The van der Waals surface area contributed by atoms with Gasteiger partial charge in [-0.25, -0.2) is 0 Å². The molecule has 8 rings (SSSR count). The zero-order chi connectivity index (χ0) is 68.9. The number of amides is 7. The predicted molar refractivity (Wildman–Crippen MR) is 350 cm³/mol. The van der Waals surface area contributed by atoms with Crippen LogP contribution >= 0.6 is 0 Å². The fraction of sp³-hybridized carbons (Fsp3) is 0.470. The molecule has 3 saturated heterocycles. The molecule has 28 heteroatoms. The lowest BCUT2D eigenvalue weighted by Crippen LogP contribution is -2.61. The van der Waals surface area contributed by atoms with Gasteiger partial charge in [-0.1, -0.05) is 85.8 Å². The van der Waals surface area contributed by atoms with E-state index >= 15 is 0 Å². The van der Waals surface area contributed by atoms with Crippen LogP contribution in [0.15, 0.2) is 119 Å². The van der Waals surface area contributed by atoms with Gasteiger partial charge in [0, 0.05) is 37.7 Å². The normalized spacial score (nSPS) is 22.1. The third-order valence-corrected chi connectivity index (χ3v) is 18.0. The van der Waals surface area contributed by atoms with E-state index in [1.165, 1.54) is 53.1 Å². The van der Waals surface area contributed by atoms with Gasteiger partial charge in [0.15, 0.2) is 0 Å². The first kappa shape index (κ1) is 74.9. The predicted octanol–water partition coefficient (Wildman–Crippen LogP) is 3.48. The smallest absolute Gasteiger partial charge is 0.294 e. The summed E-state index contributed by atoms with van der Waals surface area (Å²) in [6, 6.07) is 20.5. The van der Waals surface area contributed by atoms with Crippen molar-refractivity contribution >= 4 is 72.4 Å². The zero-order valence-electron chi connectivity index (χ0n) is 53.3. The number of unbranched alkanes of at least 4 members (excludes halogenated alkanes) is 4. The molecule has 0 radical (unpaired) electrons. The maximum absolute atomic E-state index is 14.6. The highest BCUT2D eigenvalue weighted by Gasteiger charge is 2.45. The number of nitrogens with two attached hydrogens (primary N) is 2. The molecular formula is C66H89N9O17S2. The van der Waals surface area contributed by atoms with E-state index in [0.29, 0.717) is 37.3 Å². The second-order valence-corrected chi connectivity index (χ2v) is 26.7. The number of nitrogens with zero attached hydrogens (tertiary/aromatic N) is 2. The Bertz CT molecular complexity index is 3550. The molecule has 14 N–H and O–H groups in total. The van der Waals surface area contributed by atoms with E-state index in [9.17, 15) is 65.7 Å². The average molecular weight is 1340 g/mol. The van der Waals surface area contributed by atoms with Crippen LogP contribution in [0.2, 0.25) is 0 Å². The number of aryl methyl sites for hydroxylation is 3. The minimum Gasteiger partial charge on any atom is -0.508 e. The van der Waals surface area contributed by atoms with Crippen molar-refractivity contribution < 1.29 is 79.6 Å². The number of aromatic hydroxyl groups is 1. The van der Waals surface area contributed by atoms with Gasteiger partial charge in [0.05, 0.1) is 28.6 Å². The van der Waals surface area contributed by atoms with E-state index < -0.39 is 116 Å². The highest BCUT2D eigenvalue weighted by molar-refractivity contribution is 7.86. The molecule has 3 aliphatic rings. The van der Waals surface area contributed by atoms with Crippen molar-refractivity contribution in [2.24, 2.45) is 11.5 Å². The Morgan fingerprint density at radius 1 is 0.681 bits per heavy atom. The third kappa shape index (κ3) is 22.6. The van der Waals surface area contributed by atoms with Crippen LogP contribution in [0.25, 0.3) is 10.8 Å². The van der Waals surface area contributed by atoms with Gasteiger partial charge in [0.2, 0.25) is 35.4 Å². The lowest BCUT2D eigenvalue weighted by atomic mass is 10.0. The monoisotopic (exact) mass is 1340 g/mol. The summed E-state index contributed by atoms with van der Waals surface area (Å²) in [5, 5.41) is 47.2. The minimum absolute atomic E-state index is 0.00392. The molecule has 0 bridgehead atoms. The molecular weight excluding hydrogens is 1250 g/mol. The number of carbonyl (C=O) groups is 7. The third-order valence-electron chi connectivity index (χ3n) is 16.3. The Morgan fingerprint density at radius 2 is 1.28 bits per heavy atom. The summed E-state index contributed by atoms with van der Waals surface area (Å²) in [5.41, 5.74) is 15.0. The van der Waals surface area contributed by atoms with E-state index in [0.717, 1.165) is 47.6 Å². The summed E-state index contributed by atoms with van der Waals surface area (Å²) in [6.07, 6.45) is 2.88. The maximum Gasteiger partial charge on any atom is 0.294 e. The van der Waals surface area contributed by atoms with Crippen LogP contribution in [-0.2, 0) is 55.4 Å². The number of carbonyl (C=O) groups excluding carboxylic acids is 7. The first-order chi connectivity index (χ1) is 44.6. The molecule has 0 unspecified atom stereocenters.